The van der Waals surface area contributed by atoms with Gasteiger partial charge in [-0.1, -0.05) is 25.1 Å². The molecular weight excluding hydrogens is 274 g/mol. The number of nitrogens with two attached hydrogens (primary N) is 1. The van der Waals surface area contributed by atoms with Crippen LogP contribution in [-0.4, -0.2) is 17.0 Å². The van der Waals surface area contributed by atoms with Gasteiger partial charge in [0.15, 0.2) is 5.84 Å². The monoisotopic (exact) mass is 295 g/mol. The average molecular weight is 295 g/mol. The van der Waals surface area contributed by atoms with E-state index < -0.39 is 5.41 Å². The highest BCUT2D eigenvalue weighted by Crippen LogP contribution is 2.46. The third-order valence-corrected chi connectivity index (χ3v) is 5.01. The summed E-state index contributed by atoms with van der Waals surface area (Å²) in [6.07, 6.45) is 2.08. The first-order valence-corrected chi connectivity index (χ1v) is 7.73. The van der Waals surface area contributed by atoms with Gasteiger partial charge in [-0.15, -0.1) is 11.3 Å². The molecule has 1 heterocycles. The first kappa shape index (κ1) is 14.8. The predicted molar refractivity (Wildman–Crippen MR) is 79.7 cm³/mol. The molecule has 6 heteroatoms. The second-order valence-corrected chi connectivity index (χ2v) is 6.51. The van der Waals surface area contributed by atoms with E-state index in [9.17, 15) is 4.79 Å². The van der Waals surface area contributed by atoms with E-state index in [0.29, 0.717) is 18.8 Å². The molecule has 1 aliphatic rings. The molecule has 1 aromatic rings. The van der Waals surface area contributed by atoms with Gasteiger partial charge in [0.25, 0.3) is 0 Å². The van der Waals surface area contributed by atoms with Gasteiger partial charge >= 0.3 is 0 Å². The van der Waals surface area contributed by atoms with Crippen LogP contribution < -0.4 is 11.1 Å². The number of amides is 1. The summed E-state index contributed by atoms with van der Waals surface area (Å²) >= 11 is 1.62. The predicted octanol–water partition coefficient (Wildman–Crippen LogP) is 2.48. The van der Waals surface area contributed by atoms with Crippen molar-refractivity contribution in [2.24, 2.45) is 22.2 Å². The third-order valence-electron chi connectivity index (χ3n) is 4.03. The summed E-state index contributed by atoms with van der Waals surface area (Å²) < 4.78 is 0. The van der Waals surface area contributed by atoms with E-state index >= 15 is 0 Å². The number of carbonyl (C=O) groups is 1. The Hall–Kier alpha value is -1.56. The largest absolute Gasteiger partial charge is 0.409 e. The molecule has 20 heavy (non-hydrogen) atoms. The summed E-state index contributed by atoms with van der Waals surface area (Å²) in [6.45, 7) is 4.09. The highest BCUT2D eigenvalue weighted by Gasteiger charge is 2.52. The summed E-state index contributed by atoms with van der Waals surface area (Å²) in [7, 11) is 0. The number of hydrogen-bond donors (Lipinski definition) is 3. The van der Waals surface area contributed by atoms with Crippen LogP contribution in [-0.2, 0) is 4.79 Å². The Bertz CT molecular complexity index is 493. The molecule has 5 nitrogen and oxygen atoms in total. The highest BCUT2D eigenvalue weighted by molar-refractivity contribution is 7.10. The van der Waals surface area contributed by atoms with E-state index in [0.717, 1.165) is 11.3 Å². The minimum absolute atomic E-state index is 0.0122. The van der Waals surface area contributed by atoms with Crippen LogP contribution in [0, 0.1) is 11.3 Å². The molecule has 1 fully saturated rings. The van der Waals surface area contributed by atoms with Gasteiger partial charge in [-0.3, -0.25) is 4.79 Å². The lowest BCUT2D eigenvalue weighted by molar-refractivity contribution is -0.134. The van der Waals surface area contributed by atoms with Gasteiger partial charge in [0, 0.05) is 4.88 Å². The summed E-state index contributed by atoms with van der Waals surface area (Å²) in [4.78, 5) is 13.7. The molecule has 1 atom stereocenters. The SMILES string of the molecule is CCC(NC(=O)C1(/C(N)=N/O)CC(C)C1)c1cccs1. The molecule has 4 N–H and O–H groups in total. The molecule has 0 aromatic carbocycles. The lowest BCUT2D eigenvalue weighted by Crippen LogP contribution is -2.57. The fraction of sp³-hybridized carbons (Fsp3) is 0.571. The van der Waals surface area contributed by atoms with Crippen LogP contribution in [0.4, 0.5) is 0 Å². The maximum atomic E-state index is 12.6. The number of oxime groups is 1. The molecular formula is C14H21N3O2S. The Morgan fingerprint density at radius 1 is 1.70 bits per heavy atom. The zero-order chi connectivity index (χ0) is 14.8. The van der Waals surface area contributed by atoms with E-state index in [1.165, 1.54) is 0 Å². The van der Waals surface area contributed by atoms with E-state index in [2.05, 4.69) is 17.4 Å². The molecule has 0 aliphatic heterocycles. The zero-order valence-electron chi connectivity index (χ0n) is 11.8. The molecule has 1 aliphatic carbocycles. The van der Waals surface area contributed by atoms with Crippen LogP contribution >= 0.6 is 11.3 Å². The van der Waals surface area contributed by atoms with E-state index in [1.54, 1.807) is 11.3 Å². The number of nitrogens with one attached hydrogen (secondary N) is 1. The molecule has 0 saturated heterocycles. The van der Waals surface area contributed by atoms with E-state index in [4.69, 9.17) is 10.9 Å². The quantitative estimate of drug-likeness (QED) is 0.337. The second-order valence-electron chi connectivity index (χ2n) is 5.53. The van der Waals surface area contributed by atoms with Gasteiger partial charge in [0.1, 0.15) is 5.41 Å². The Labute approximate surface area is 122 Å². The molecule has 0 bridgehead atoms. The minimum Gasteiger partial charge on any atom is -0.409 e. The van der Waals surface area contributed by atoms with Crippen LogP contribution in [0.5, 0.6) is 0 Å². The first-order chi connectivity index (χ1) is 9.53. The molecule has 0 radical (unpaired) electrons. The summed E-state index contributed by atoms with van der Waals surface area (Å²) in [5, 5.41) is 17.0. The second kappa shape index (κ2) is 5.83. The van der Waals surface area contributed by atoms with Crippen LogP contribution in [0.1, 0.15) is 44.0 Å². The molecule has 110 valence electrons. The van der Waals surface area contributed by atoms with E-state index in [-0.39, 0.29) is 17.8 Å². The fourth-order valence-corrected chi connectivity index (χ4v) is 3.76. The Morgan fingerprint density at radius 3 is 2.85 bits per heavy atom. The molecule has 1 amide bonds. The van der Waals surface area contributed by atoms with E-state index in [1.807, 2.05) is 24.4 Å². The van der Waals surface area contributed by atoms with Crippen LogP contribution in [0.2, 0.25) is 0 Å². The summed E-state index contributed by atoms with van der Waals surface area (Å²) in [5.74, 6) is 0.308. The number of hydrogen-bond acceptors (Lipinski definition) is 4. The van der Waals surface area contributed by atoms with Crippen molar-refractivity contribution >= 4 is 23.1 Å². The van der Waals surface area contributed by atoms with Crippen molar-refractivity contribution in [3.63, 3.8) is 0 Å². The summed E-state index contributed by atoms with van der Waals surface area (Å²) in [5.41, 5.74) is 4.92. The maximum Gasteiger partial charge on any atom is 0.234 e. The Morgan fingerprint density at radius 2 is 2.40 bits per heavy atom. The van der Waals surface area contributed by atoms with Crippen molar-refractivity contribution in [2.45, 2.75) is 39.2 Å². The Balaban J connectivity index is 2.13. The first-order valence-electron chi connectivity index (χ1n) is 6.86. The normalized spacial score (nSPS) is 27.7. The molecule has 1 saturated carbocycles. The van der Waals surface area contributed by atoms with Crippen molar-refractivity contribution in [2.75, 3.05) is 0 Å². The van der Waals surface area contributed by atoms with Gasteiger partial charge in [0.2, 0.25) is 5.91 Å². The Kier molecular flexibility index (Phi) is 4.32. The lowest BCUT2D eigenvalue weighted by Gasteiger charge is -2.44. The standard InChI is InChI=1S/C14H21N3O2S/c1-3-10(11-5-4-6-20-11)16-13(18)14(12(15)17-19)7-9(2)8-14/h4-6,9-10,19H,3,7-8H2,1-2H3,(H2,15,17)(H,16,18). The molecule has 0 spiro atoms. The maximum absolute atomic E-state index is 12.6. The highest BCUT2D eigenvalue weighted by atomic mass is 32.1. The number of amidine groups is 1. The number of nitrogens with zero attached hydrogens (tertiary/aromatic N) is 1. The number of thiophene rings is 1. The van der Waals surface area contributed by atoms with Gasteiger partial charge in [0.05, 0.1) is 6.04 Å². The smallest absolute Gasteiger partial charge is 0.234 e. The van der Waals surface area contributed by atoms with Crippen LogP contribution in [0.3, 0.4) is 0 Å². The number of carbonyl (C=O) groups excluding carboxylic acids is 1. The number of rotatable bonds is 5. The van der Waals surface area contributed by atoms with Crippen molar-refractivity contribution in [3.8, 4) is 0 Å². The van der Waals surface area contributed by atoms with Crippen molar-refractivity contribution in [1.29, 1.82) is 0 Å². The molecule has 1 aromatic heterocycles. The minimum atomic E-state index is -0.834. The molecule has 1 unspecified atom stereocenters. The fourth-order valence-electron chi connectivity index (χ4n) is 2.90. The van der Waals surface area contributed by atoms with Gasteiger partial charge < -0.3 is 16.3 Å². The average Bonchev–Trinajstić information content (AvgIpc) is 2.93. The van der Waals surface area contributed by atoms with Crippen molar-refractivity contribution < 1.29 is 10.0 Å². The van der Waals surface area contributed by atoms with Crippen molar-refractivity contribution in [3.05, 3.63) is 22.4 Å². The molecule has 2 rings (SSSR count). The topological polar surface area (TPSA) is 87.7 Å². The summed E-state index contributed by atoms with van der Waals surface area (Å²) in [6, 6.07) is 3.97. The van der Waals surface area contributed by atoms with Crippen LogP contribution in [0.25, 0.3) is 0 Å². The van der Waals surface area contributed by atoms with Crippen LogP contribution in [0.15, 0.2) is 22.7 Å². The third kappa shape index (κ3) is 2.52. The van der Waals surface area contributed by atoms with Gasteiger partial charge in [-0.25, -0.2) is 0 Å². The van der Waals surface area contributed by atoms with Crippen molar-refractivity contribution in [1.82, 2.24) is 5.32 Å². The lowest BCUT2D eigenvalue weighted by atomic mass is 9.61. The van der Waals surface area contributed by atoms with Gasteiger partial charge in [-0.2, -0.15) is 0 Å². The zero-order valence-corrected chi connectivity index (χ0v) is 12.6. The van der Waals surface area contributed by atoms with Gasteiger partial charge in [-0.05, 0) is 36.6 Å².